The van der Waals surface area contributed by atoms with Crippen LogP contribution in [0.15, 0.2) is 11.5 Å². The Kier molecular flexibility index (Phi) is 6.13. The first kappa shape index (κ1) is 17.6. The molecule has 20 heavy (non-hydrogen) atoms. The van der Waals surface area contributed by atoms with Gasteiger partial charge in [-0.2, -0.15) is 0 Å². The predicted octanol–water partition coefficient (Wildman–Crippen LogP) is 4.24. The summed E-state index contributed by atoms with van der Waals surface area (Å²) in [6, 6.07) is 0. The van der Waals surface area contributed by atoms with Crippen LogP contribution in [0.5, 0.6) is 0 Å². The maximum atomic E-state index is 9.23. The van der Waals surface area contributed by atoms with Gasteiger partial charge in [0.25, 0.3) is 0 Å². The molecule has 114 valence electrons. The van der Waals surface area contributed by atoms with Gasteiger partial charge in [0.2, 0.25) is 0 Å². The van der Waals surface area contributed by atoms with Crippen LogP contribution >= 0.6 is 11.3 Å². The molecule has 5 heteroatoms. The van der Waals surface area contributed by atoms with Gasteiger partial charge in [0.1, 0.15) is 0 Å². The quantitative estimate of drug-likeness (QED) is 0.799. The molecule has 0 unspecified atom stereocenters. The zero-order chi connectivity index (χ0) is 15.4. The third kappa shape index (κ3) is 5.13. The summed E-state index contributed by atoms with van der Waals surface area (Å²) in [6.07, 6.45) is 4.62. The zero-order valence-electron chi connectivity index (χ0n) is 13.4. The van der Waals surface area contributed by atoms with Gasteiger partial charge in [0.15, 0.2) is 8.32 Å². The lowest BCUT2D eigenvalue weighted by atomic mass is 10.2. The molecule has 0 fully saturated rings. The molecule has 0 amide bonds. The number of thiazole rings is 1. The molecule has 1 heterocycles. The fourth-order valence-corrected chi connectivity index (χ4v) is 3.43. The second-order valence-corrected chi connectivity index (χ2v) is 12.4. The highest BCUT2D eigenvalue weighted by Gasteiger charge is 2.38. The summed E-state index contributed by atoms with van der Waals surface area (Å²) in [6.45, 7) is 13.3. The normalized spacial score (nSPS) is 14.9. The molecule has 1 N–H and O–H groups in total. The van der Waals surface area contributed by atoms with Crippen LogP contribution in [0.25, 0.3) is 6.08 Å². The van der Waals surface area contributed by atoms with Crippen LogP contribution in [0.1, 0.15) is 37.9 Å². The molecule has 0 aliphatic heterocycles. The van der Waals surface area contributed by atoms with Crippen LogP contribution in [0.2, 0.25) is 18.1 Å². The first-order valence-electron chi connectivity index (χ1n) is 7.05. The summed E-state index contributed by atoms with van der Waals surface area (Å²) in [4.78, 5) is 4.41. The number of aliphatic hydroxyl groups excluding tert-OH is 1. The van der Waals surface area contributed by atoms with Gasteiger partial charge < -0.3 is 9.53 Å². The van der Waals surface area contributed by atoms with E-state index in [9.17, 15) is 5.11 Å². The molecule has 1 aromatic rings. The minimum absolute atomic E-state index is 0.0390. The van der Waals surface area contributed by atoms with Crippen LogP contribution in [0.3, 0.4) is 0 Å². The maximum Gasteiger partial charge on any atom is 0.192 e. The third-order valence-electron chi connectivity index (χ3n) is 3.78. The Morgan fingerprint density at radius 3 is 2.55 bits per heavy atom. The number of aromatic nitrogens is 1. The smallest absolute Gasteiger partial charge is 0.192 e. The van der Waals surface area contributed by atoms with E-state index in [0.717, 1.165) is 10.7 Å². The van der Waals surface area contributed by atoms with Crippen LogP contribution in [-0.4, -0.2) is 31.1 Å². The Labute approximate surface area is 127 Å². The molecule has 1 atom stereocenters. The van der Waals surface area contributed by atoms with Crippen molar-refractivity contribution in [2.45, 2.75) is 58.4 Å². The molecular weight excluding hydrogens is 286 g/mol. The summed E-state index contributed by atoms with van der Waals surface area (Å²) in [5.74, 6) is 0. The van der Waals surface area contributed by atoms with Crippen molar-refractivity contribution in [3.63, 3.8) is 0 Å². The highest BCUT2D eigenvalue weighted by molar-refractivity contribution is 7.09. The monoisotopic (exact) mass is 313 g/mol. The van der Waals surface area contributed by atoms with E-state index in [1.54, 1.807) is 11.3 Å². The van der Waals surface area contributed by atoms with Crippen molar-refractivity contribution in [3.8, 4) is 0 Å². The molecule has 0 aliphatic carbocycles. The average molecular weight is 314 g/mol. The Morgan fingerprint density at radius 1 is 1.45 bits per heavy atom. The molecule has 1 rings (SSSR count). The van der Waals surface area contributed by atoms with Crippen molar-refractivity contribution < 1.29 is 9.53 Å². The van der Waals surface area contributed by atoms with Gasteiger partial charge in [0, 0.05) is 12.0 Å². The van der Waals surface area contributed by atoms with Crippen molar-refractivity contribution in [2.24, 2.45) is 0 Å². The maximum absolute atomic E-state index is 9.23. The summed E-state index contributed by atoms with van der Waals surface area (Å²) in [7, 11) is -1.82. The topological polar surface area (TPSA) is 42.4 Å². The van der Waals surface area contributed by atoms with Crippen LogP contribution < -0.4 is 0 Å². The van der Waals surface area contributed by atoms with Gasteiger partial charge in [0.05, 0.1) is 16.8 Å². The van der Waals surface area contributed by atoms with E-state index in [0.29, 0.717) is 6.42 Å². The number of hydrogen-bond donors (Lipinski definition) is 1. The van der Waals surface area contributed by atoms with E-state index in [1.807, 2.05) is 24.5 Å². The zero-order valence-corrected chi connectivity index (χ0v) is 15.3. The minimum atomic E-state index is -1.82. The van der Waals surface area contributed by atoms with Gasteiger partial charge in [-0.1, -0.05) is 26.8 Å². The van der Waals surface area contributed by atoms with E-state index in [-0.39, 0.29) is 17.7 Å². The molecule has 1 aromatic heterocycles. The number of hydrogen-bond acceptors (Lipinski definition) is 4. The van der Waals surface area contributed by atoms with Gasteiger partial charge in [-0.15, -0.1) is 11.3 Å². The molecule has 0 aromatic carbocycles. The lowest BCUT2D eigenvalue weighted by Crippen LogP contribution is -2.43. The molecule has 0 bridgehead atoms. The van der Waals surface area contributed by atoms with Crippen molar-refractivity contribution in [1.29, 1.82) is 0 Å². The van der Waals surface area contributed by atoms with Crippen LogP contribution in [0.4, 0.5) is 0 Å². The molecule has 0 saturated heterocycles. The molecule has 0 aliphatic rings. The highest BCUT2D eigenvalue weighted by Crippen LogP contribution is 2.37. The Bertz CT molecular complexity index is 449. The lowest BCUT2D eigenvalue weighted by molar-refractivity contribution is 0.175. The highest BCUT2D eigenvalue weighted by atomic mass is 32.1. The fourth-order valence-electron chi connectivity index (χ4n) is 1.54. The lowest BCUT2D eigenvalue weighted by Gasteiger charge is -2.38. The predicted molar refractivity (Wildman–Crippen MR) is 89.7 cm³/mol. The molecule has 3 nitrogen and oxygen atoms in total. The van der Waals surface area contributed by atoms with Crippen LogP contribution in [-0.2, 0) is 4.43 Å². The largest absolute Gasteiger partial charge is 0.410 e. The van der Waals surface area contributed by atoms with E-state index in [2.05, 4.69) is 38.8 Å². The third-order valence-corrected chi connectivity index (χ3v) is 9.08. The second kappa shape index (κ2) is 6.98. The van der Waals surface area contributed by atoms with E-state index in [1.165, 1.54) is 0 Å². The Hall–Kier alpha value is -0.493. The van der Waals surface area contributed by atoms with Gasteiger partial charge in [-0.05, 0) is 37.6 Å². The fraction of sp³-hybridized carbons (Fsp3) is 0.667. The second-order valence-electron chi connectivity index (χ2n) is 6.58. The standard InChI is InChI=1S/C15H27NO2SSi/c1-12-16-13(11-19-12)7-8-14(9-10-17)18-20(5,6)15(2,3)4/h7-8,11,14,17H,9-10H2,1-6H3/t14-/m1/s1. The SMILES string of the molecule is Cc1nc(C=C[C@H](CCO)O[Si](C)(C)C(C)(C)C)cs1. The first-order chi connectivity index (χ1) is 9.15. The van der Waals surface area contributed by atoms with Crippen molar-refractivity contribution in [3.05, 3.63) is 22.2 Å². The van der Waals surface area contributed by atoms with E-state index in [4.69, 9.17) is 4.43 Å². The summed E-state index contributed by atoms with van der Waals surface area (Å²) in [5.41, 5.74) is 0.967. The first-order valence-corrected chi connectivity index (χ1v) is 10.8. The van der Waals surface area contributed by atoms with Crippen LogP contribution in [0, 0.1) is 6.92 Å². The van der Waals surface area contributed by atoms with Crippen molar-refractivity contribution in [1.82, 2.24) is 4.98 Å². The van der Waals surface area contributed by atoms with Crippen molar-refractivity contribution >= 4 is 25.7 Å². The average Bonchev–Trinajstić information content (AvgIpc) is 2.70. The van der Waals surface area contributed by atoms with E-state index < -0.39 is 8.32 Å². The van der Waals surface area contributed by atoms with E-state index >= 15 is 0 Å². The molecule has 0 saturated carbocycles. The molecule has 0 spiro atoms. The summed E-state index contributed by atoms with van der Waals surface area (Å²) in [5, 5.41) is 12.5. The summed E-state index contributed by atoms with van der Waals surface area (Å²) >= 11 is 1.64. The molecular formula is C15H27NO2SSi. The molecule has 0 radical (unpaired) electrons. The van der Waals surface area contributed by atoms with Gasteiger partial charge in [-0.25, -0.2) is 4.98 Å². The van der Waals surface area contributed by atoms with Gasteiger partial charge >= 0.3 is 0 Å². The minimum Gasteiger partial charge on any atom is -0.410 e. The number of rotatable bonds is 6. The number of aliphatic hydroxyl groups is 1. The van der Waals surface area contributed by atoms with Crippen molar-refractivity contribution in [2.75, 3.05) is 6.61 Å². The van der Waals surface area contributed by atoms with Gasteiger partial charge in [-0.3, -0.25) is 0 Å². The number of nitrogens with zero attached hydrogens (tertiary/aromatic N) is 1. The number of aryl methyl sites for hydroxylation is 1. The Balaban J connectivity index is 2.77. The summed E-state index contributed by atoms with van der Waals surface area (Å²) < 4.78 is 6.34. The Morgan fingerprint density at radius 2 is 2.10 bits per heavy atom.